The summed E-state index contributed by atoms with van der Waals surface area (Å²) in [6, 6.07) is 5.19. The zero-order valence-electron chi connectivity index (χ0n) is 13.8. The monoisotopic (exact) mass is 381 g/mol. The standard InChI is InChI=1S/C17H17F2N3O3S/c1-2-8-26(24,25)22-13-6-5-12(18)14(15(13)19)16(23)11-9-21-17-10(11)4-3-7-20-17/h3-7,9,16,22-23H,2,8H2,1H3,(H,20,21). The Kier molecular flexibility index (Phi) is 4.92. The van der Waals surface area contributed by atoms with Crippen LogP contribution in [0.2, 0.25) is 0 Å². The van der Waals surface area contributed by atoms with Crippen LogP contribution in [0.1, 0.15) is 30.6 Å². The summed E-state index contributed by atoms with van der Waals surface area (Å²) in [7, 11) is -3.76. The SMILES string of the molecule is CCCS(=O)(=O)Nc1ccc(F)c(C(O)c2c[nH]c3ncccc23)c1F. The Hall–Kier alpha value is -2.52. The first kappa shape index (κ1) is 18.3. The number of nitrogens with zero attached hydrogens (tertiary/aromatic N) is 1. The van der Waals surface area contributed by atoms with E-state index in [1.807, 2.05) is 0 Å². The first-order valence-electron chi connectivity index (χ1n) is 7.92. The predicted molar refractivity (Wildman–Crippen MR) is 94.2 cm³/mol. The van der Waals surface area contributed by atoms with Gasteiger partial charge in [-0.05, 0) is 30.7 Å². The lowest BCUT2D eigenvalue weighted by Gasteiger charge is -2.16. The minimum Gasteiger partial charge on any atom is -0.383 e. The average Bonchev–Trinajstić information content (AvgIpc) is 3.01. The summed E-state index contributed by atoms with van der Waals surface area (Å²) in [5.41, 5.74) is -0.347. The molecule has 0 aliphatic heterocycles. The number of aromatic nitrogens is 2. The number of nitrogens with one attached hydrogen (secondary N) is 2. The van der Waals surface area contributed by atoms with E-state index in [0.29, 0.717) is 17.5 Å². The maximum absolute atomic E-state index is 14.8. The van der Waals surface area contributed by atoms with Crippen LogP contribution in [0.25, 0.3) is 11.0 Å². The number of H-pyrrole nitrogens is 1. The molecule has 138 valence electrons. The molecule has 2 aromatic heterocycles. The normalized spacial score (nSPS) is 13.1. The number of sulfonamides is 1. The van der Waals surface area contributed by atoms with E-state index in [4.69, 9.17) is 0 Å². The van der Waals surface area contributed by atoms with Gasteiger partial charge < -0.3 is 10.1 Å². The summed E-state index contributed by atoms with van der Waals surface area (Å²) in [4.78, 5) is 6.88. The smallest absolute Gasteiger partial charge is 0.232 e. The van der Waals surface area contributed by atoms with Crippen molar-refractivity contribution in [1.29, 1.82) is 0 Å². The topological polar surface area (TPSA) is 95.1 Å². The highest BCUT2D eigenvalue weighted by Gasteiger charge is 2.26. The third kappa shape index (κ3) is 3.40. The maximum atomic E-state index is 14.8. The molecule has 6 nitrogen and oxygen atoms in total. The maximum Gasteiger partial charge on any atom is 0.232 e. The molecule has 0 radical (unpaired) electrons. The van der Waals surface area contributed by atoms with Crippen LogP contribution in [0.3, 0.4) is 0 Å². The molecule has 0 saturated heterocycles. The van der Waals surface area contributed by atoms with Gasteiger partial charge in [0.2, 0.25) is 10.0 Å². The Morgan fingerprint density at radius 1 is 1.31 bits per heavy atom. The number of aromatic amines is 1. The van der Waals surface area contributed by atoms with Crippen LogP contribution in [0.5, 0.6) is 0 Å². The number of halogens is 2. The molecule has 2 heterocycles. The summed E-state index contributed by atoms with van der Waals surface area (Å²) in [5, 5.41) is 11.1. The molecule has 0 spiro atoms. The van der Waals surface area contributed by atoms with E-state index >= 15 is 0 Å². The molecule has 26 heavy (non-hydrogen) atoms. The number of benzene rings is 1. The van der Waals surface area contributed by atoms with Crippen molar-refractivity contribution in [2.75, 3.05) is 10.5 Å². The van der Waals surface area contributed by atoms with Crippen LogP contribution >= 0.6 is 0 Å². The zero-order chi connectivity index (χ0) is 18.9. The quantitative estimate of drug-likeness (QED) is 0.612. The van der Waals surface area contributed by atoms with Crippen molar-refractivity contribution in [2.24, 2.45) is 0 Å². The molecule has 0 bridgehead atoms. The number of rotatable bonds is 6. The Bertz CT molecular complexity index is 1050. The molecular formula is C17H17F2N3O3S. The Labute approximate surface area is 148 Å². The molecule has 0 fully saturated rings. The molecule has 0 amide bonds. The lowest BCUT2D eigenvalue weighted by atomic mass is 10.00. The molecule has 9 heteroatoms. The molecule has 3 N–H and O–H groups in total. The third-order valence-corrected chi connectivity index (χ3v) is 5.39. The van der Waals surface area contributed by atoms with E-state index < -0.39 is 39.0 Å². The Morgan fingerprint density at radius 3 is 2.81 bits per heavy atom. The first-order valence-corrected chi connectivity index (χ1v) is 9.57. The fourth-order valence-electron chi connectivity index (χ4n) is 2.74. The summed E-state index contributed by atoms with van der Waals surface area (Å²) in [6.45, 7) is 1.67. The molecule has 1 aromatic carbocycles. The van der Waals surface area contributed by atoms with Crippen LogP contribution in [0.4, 0.5) is 14.5 Å². The van der Waals surface area contributed by atoms with Gasteiger partial charge in [0.25, 0.3) is 0 Å². The molecule has 0 saturated carbocycles. The molecule has 1 atom stereocenters. The van der Waals surface area contributed by atoms with Gasteiger partial charge in [-0.15, -0.1) is 0 Å². The second kappa shape index (κ2) is 7.00. The van der Waals surface area contributed by atoms with Crippen molar-refractivity contribution in [3.8, 4) is 0 Å². The van der Waals surface area contributed by atoms with Crippen molar-refractivity contribution in [2.45, 2.75) is 19.4 Å². The van der Waals surface area contributed by atoms with E-state index in [0.717, 1.165) is 12.1 Å². The Balaban J connectivity index is 2.06. The number of pyridine rings is 1. The summed E-state index contributed by atoms with van der Waals surface area (Å²) in [6.07, 6.45) is 1.66. The summed E-state index contributed by atoms with van der Waals surface area (Å²) < 4.78 is 54.9. The van der Waals surface area contributed by atoms with Crippen LogP contribution in [-0.4, -0.2) is 29.2 Å². The van der Waals surface area contributed by atoms with Gasteiger partial charge in [-0.3, -0.25) is 4.72 Å². The molecule has 3 aromatic rings. The fourth-order valence-corrected chi connectivity index (χ4v) is 3.88. The zero-order valence-corrected chi connectivity index (χ0v) is 14.6. The number of anilines is 1. The van der Waals surface area contributed by atoms with Gasteiger partial charge >= 0.3 is 0 Å². The van der Waals surface area contributed by atoms with Gasteiger partial charge in [0.1, 0.15) is 17.6 Å². The molecular weight excluding hydrogens is 364 g/mol. The largest absolute Gasteiger partial charge is 0.383 e. The number of aliphatic hydroxyl groups is 1. The van der Waals surface area contributed by atoms with Crippen LogP contribution < -0.4 is 4.72 Å². The van der Waals surface area contributed by atoms with E-state index in [9.17, 15) is 22.3 Å². The van der Waals surface area contributed by atoms with Crippen LogP contribution in [-0.2, 0) is 10.0 Å². The van der Waals surface area contributed by atoms with Gasteiger partial charge in [-0.2, -0.15) is 0 Å². The molecule has 1 unspecified atom stereocenters. The van der Waals surface area contributed by atoms with Crippen LogP contribution in [0.15, 0.2) is 36.7 Å². The highest BCUT2D eigenvalue weighted by Crippen LogP contribution is 2.34. The van der Waals surface area contributed by atoms with Gasteiger partial charge in [0, 0.05) is 23.3 Å². The lowest BCUT2D eigenvalue weighted by Crippen LogP contribution is -2.18. The van der Waals surface area contributed by atoms with Gasteiger partial charge in [-0.25, -0.2) is 22.2 Å². The number of hydrogen-bond donors (Lipinski definition) is 3. The number of hydrogen-bond acceptors (Lipinski definition) is 4. The van der Waals surface area contributed by atoms with Crippen molar-refractivity contribution in [3.05, 3.63) is 59.4 Å². The van der Waals surface area contributed by atoms with Gasteiger partial charge in [0.15, 0.2) is 5.82 Å². The van der Waals surface area contributed by atoms with E-state index in [-0.39, 0.29) is 11.3 Å². The molecule has 0 aliphatic carbocycles. The predicted octanol–water partition coefficient (Wildman–Crippen LogP) is 3.07. The molecule has 3 rings (SSSR count). The van der Waals surface area contributed by atoms with Crippen molar-refractivity contribution in [1.82, 2.24) is 9.97 Å². The fraction of sp³-hybridized carbons (Fsp3) is 0.235. The average molecular weight is 381 g/mol. The van der Waals surface area contributed by atoms with E-state index in [2.05, 4.69) is 14.7 Å². The highest BCUT2D eigenvalue weighted by atomic mass is 32.2. The Morgan fingerprint density at radius 2 is 2.08 bits per heavy atom. The minimum absolute atomic E-state index is 0.199. The van der Waals surface area contributed by atoms with Crippen molar-refractivity contribution >= 4 is 26.7 Å². The highest BCUT2D eigenvalue weighted by molar-refractivity contribution is 7.92. The van der Waals surface area contributed by atoms with Gasteiger partial charge in [-0.1, -0.05) is 6.92 Å². The van der Waals surface area contributed by atoms with Crippen molar-refractivity contribution < 1.29 is 22.3 Å². The van der Waals surface area contributed by atoms with Crippen molar-refractivity contribution in [3.63, 3.8) is 0 Å². The van der Waals surface area contributed by atoms with Crippen LogP contribution in [0, 0.1) is 11.6 Å². The summed E-state index contributed by atoms with van der Waals surface area (Å²) >= 11 is 0. The summed E-state index contributed by atoms with van der Waals surface area (Å²) in [5.74, 6) is -2.34. The third-order valence-electron chi connectivity index (χ3n) is 3.92. The lowest BCUT2D eigenvalue weighted by molar-refractivity contribution is 0.211. The van der Waals surface area contributed by atoms with E-state index in [1.54, 1.807) is 25.3 Å². The second-order valence-electron chi connectivity index (χ2n) is 5.79. The molecule has 0 aliphatic rings. The second-order valence-corrected chi connectivity index (χ2v) is 7.63. The van der Waals surface area contributed by atoms with Gasteiger partial charge in [0.05, 0.1) is 17.0 Å². The number of fused-ring (bicyclic) bond motifs is 1. The van der Waals surface area contributed by atoms with E-state index in [1.165, 1.54) is 6.20 Å². The number of aliphatic hydroxyl groups excluding tert-OH is 1. The first-order chi connectivity index (χ1) is 12.3. The minimum atomic E-state index is -3.76.